The molecule has 2 aliphatic rings. The zero-order chi connectivity index (χ0) is 24.1. The lowest BCUT2D eigenvalue weighted by Crippen LogP contribution is -2.29. The summed E-state index contributed by atoms with van der Waals surface area (Å²) in [5, 5.41) is 4.86. The van der Waals surface area contributed by atoms with Gasteiger partial charge in [-0.3, -0.25) is 4.98 Å². The molecule has 4 heterocycles. The third-order valence-corrected chi connectivity index (χ3v) is 7.25. The number of ether oxygens (including phenoxy) is 2. The Morgan fingerprint density at radius 3 is 2.60 bits per heavy atom. The first-order valence-corrected chi connectivity index (χ1v) is 12.2. The van der Waals surface area contributed by atoms with Crippen LogP contribution in [0.3, 0.4) is 0 Å². The van der Waals surface area contributed by atoms with E-state index in [0.717, 1.165) is 39.8 Å². The third-order valence-electron chi connectivity index (χ3n) is 6.61. The molecule has 0 bridgehead atoms. The second-order valence-corrected chi connectivity index (χ2v) is 9.44. The van der Waals surface area contributed by atoms with Crippen LogP contribution in [0.4, 0.5) is 5.69 Å². The van der Waals surface area contributed by atoms with Crippen molar-refractivity contribution in [2.24, 2.45) is 0 Å². The van der Waals surface area contributed by atoms with Crippen LogP contribution in [0.15, 0.2) is 72.9 Å². The van der Waals surface area contributed by atoms with Crippen molar-refractivity contribution in [2.75, 3.05) is 11.7 Å². The van der Waals surface area contributed by atoms with Crippen LogP contribution in [0.1, 0.15) is 34.7 Å². The van der Waals surface area contributed by atoms with Crippen LogP contribution < -0.4 is 19.7 Å². The molecule has 6 nitrogen and oxygen atoms in total. The molecule has 2 aromatic heterocycles. The van der Waals surface area contributed by atoms with Crippen LogP contribution in [0.25, 0.3) is 5.69 Å². The first kappa shape index (κ1) is 21.9. The van der Waals surface area contributed by atoms with Crippen molar-refractivity contribution in [2.45, 2.75) is 25.9 Å². The minimum Gasteiger partial charge on any atom is -0.454 e. The van der Waals surface area contributed by atoms with Crippen molar-refractivity contribution < 1.29 is 9.47 Å². The number of benzene rings is 2. The van der Waals surface area contributed by atoms with Gasteiger partial charge in [-0.15, -0.1) is 0 Å². The fourth-order valence-electron chi connectivity index (χ4n) is 5.07. The normalized spacial score (nSPS) is 18.7. The van der Waals surface area contributed by atoms with Crippen LogP contribution in [-0.4, -0.2) is 21.5 Å². The lowest BCUT2D eigenvalue weighted by molar-refractivity contribution is 0.174. The molecule has 0 radical (unpaired) electrons. The van der Waals surface area contributed by atoms with Gasteiger partial charge >= 0.3 is 0 Å². The Balaban J connectivity index is 1.52. The molecular formula is C27H23ClN4O2S. The number of rotatable bonds is 4. The van der Waals surface area contributed by atoms with E-state index in [4.69, 9.17) is 33.3 Å². The van der Waals surface area contributed by atoms with Gasteiger partial charge in [-0.1, -0.05) is 29.8 Å². The Morgan fingerprint density at radius 1 is 1.00 bits per heavy atom. The molecule has 2 aliphatic heterocycles. The average molecular weight is 503 g/mol. The maximum atomic E-state index is 6.60. The highest BCUT2D eigenvalue weighted by Crippen LogP contribution is 2.46. The van der Waals surface area contributed by atoms with Crippen molar-refractivity contribution in [3.8, 4) is 17.2 Å². The van der Waals surface area contributed by atoms with E-state index >= 15 is 0 Å². The first-order chi connectivity index (χ1) is 17.0. The van der Waals surface area contributed by atoms with Crippen LogP contribution in [0, 0.1) is 13.8 Å². The number of fused-ring (bicyclic) bond motifs is 1. The summed E-state index contributed by atoms with van der Waals surface area (Å²) >= 11 is 12.5. The van der Waals surface area contributed by atoms with E-state index in [1.54, 1.807) is 0 Å². The molecule has 1 saturated heterocycles. The highest BCUT2D eigenvalue weighted by Gasteiger charge is 2.42. The summed E-state index contributed by atoms with van der Waals surface area (Å²) < 4.78 is 13.4. The number of nitrogens with one attached hydrogen (secondary N) is 1. The van der Waals surface area contributed by atoms with Crippen LogP contribution in [-0.2, 0) is 0 Å². The van der Waals surface area contributed by atoms with E-state index in [2.05, 4.69) is 39.7 Å². The van der Waals surface area contributed by atoms with E-state index in [-0.39, 0.29) is 18.9 Å². The lowest BCUT2D eigenvalue weighted by atomic mass is 9.96. The second kappa shape index (κ2) is 8.59. The molecule has 0 aliphatic carbocycles. The molecule has 176 valence electrons. The van der Waals surface area contributed by atoms with Crippen LogP contribution >= 0.6 is 23.8 Å². The van der Waals surface area contributed by atoms with Crippen LogP contribution in [0.2, 0.25) is 5.02 Å². The molecule has 1 N–H and O–H groups in total. The minimum atomic E-state index is -0.144. The Morgan fingerprint density at radius 2 is 1.80 bits per heavy atom. The van der Waals surface area contributed by atoms with Crippen molar-refractivity contribution in [1.29, 1.82) is 0 Å². The molecule has 35 heavy (non-hydrogen) atoms. The SMILES string of the molecule is Cc1cc([C@H]2[C@H](c3ccccn3)NC(=S)N2c2ccc3c(c2)OCO3)c(C)n1-c1ccccc1Cl. The zero-order valence-corrected chi connectivity index (χ0v) is 20.8. The minimum absolute atomic E-state index is 0.139. The van der Waals surface area contributed by atoms with E-state index in [9.17, 15) is 0 Å². The van der Waals surface area contributed by atoms with Crippen LogP contribution in [0.5, 0.6) is 11.5 Å². The number of nitrogens with zero attached hydrogens (tertiary/aromatic N) is 3. The van der Waals surface area contributed by atoms with Gasteiger partial charge in [-0.2, -0.15) is 0 Å². The Labute approximate surface area is 214 Å². The van der Waals surface area contributed by atoms with E-state index < -0.39 is 0 Å². The fourth-order valence-corrected chi connectivity index (χ4v) is 5.64. The van der Waals surface area contributed by atoms with Crippen molar-refractivity contribution in [3.05, 3.63) is 101 Å². The number of pyridine rings is 1. The van der Waals surface area contributed by atoms with Gasteiger partial charge in [0.1, 0.15) is 0 Å². The highest BCUT2D eigenvalue weighted by molar-refractivity contribution is 7.80. The molecule has 0 spiro atoms. The van der Waals surface area contributed by atoms with Crippen molar-refractivity contribution >= 4 is 34.6 Å². The summed E-state index contributed by atoms with van der Waals surface area (Å²) in [4.78, 5) is 6.81. The monoisotopic (exact) mass is 502 g/mol. The maximum Gasteiger partial charge on any atom is 0.231 e. The second-order valence-electron chi connectivity index (χ2n) is 8.65. The standard InChI is InChI=1S/C27H23ClN4O2S/c1-16-13-19(17(2)31(16)22-9-4-3-7-20(22)28)26-25(21-8-5-6-12-29-21)30-27(35)32(26)18-10-11-23-24(14-18)34-15-33-23/h3-14,25-26H,15H2,1-2H3,(H,30,35)/t25-,26-/m0/s1. The van der Waals surface area contributed by atoms with Gasteiger partial charge in [-0.05, 0) is 74.1 Å². The summed E-state index contributed by atoms with van der Waals surface area (Å²) in [7, 11) is 0. The fraction of sp³-hybridized carbons (Fsp3) is 0.185. The summed E-state index contributed by atoms with van der Waals surface area (Å²) in [6.07, 6.45) is 1.81. The topological polar surface area (TPSA) is 51.6 Å². The predicted molar refractivity (Wildman–Crippen MR) is 141 cm³/mol. The first-order valence-electron chi connectivity index (χ1n) is 11.4. The number of halogens is 1. The Bertz CT molecular complexity index is 1440. The number of aromatic nitrogens is 2. The predicted octanol–water partition coefficient (Wildman–Crippen LogP) is 6.05. The Kier molecular flexibility index (Phi) is 5.39. The number of para-hydroxylation sites is 1. The van der Waals surface area contributed by atoms with Gasteiger partial charge in [0.15, 0.2) is 16.6 Å². The van der Waals surface area contributed by atoms with Crippen molar-refractivity contribution in [3.63, 3.8) is 0 Å². The van der Waals surface area contributed by atoms with Gasteiger partial charge in [-0.25, -0.2) is 0 Å². The van der Waals surface area contributed by atoms with E-state index in [1.807, 2.05) is 66.9 Å². The summed E-state index contributed by atoms with van der Waals surface area (Å²) in [6, 6.07) is 21.7. The molecule has 8 heteroatoms. The number of aryl methyl sites for hydroxylation is 1. The van der Waals surface area contributed by atoms with Crippen molar-refractivity contribution in [1.82, 2.24) is 14.9 Å². The van der Waals surface area contributed by atoms with Gasteiger partial charge < -0.3 is 24.3 Å². The molecule has 0 unspecified atom stereocenters. The number of thiocarbonyl (C=S) groups is 1. The molecule has 0 saturated carbocycles. The third kappa shape index (κ3) is 3.63. The highest BCUT2D eigenvalue weighted by atomic mass is 35.5. The number of anilines is 1. The summed E-state index contributed by atoms with van der Waals surface area (Å²) in [5.74, 6) is 1.45. The molecule has 0 amide bonds. The molecule has 2 aromatic carbocycles. The molecule has 2 atom stereocenters. The zero-order valence-electron chi connectivity index (χ0n) is 19.2. The maximum absolute atomic E-state index is 6.60. The lowest BCUT2D eigenvalue weighted by Gasteiger charge is -2.28. The van der Waals surface area contributed by atoms with E-state index in [1.165, 1.54) is 0 Å². The van der Waals surface area contributed by atoms with Gasteiger partial charge in [0, 0.05) is 29.3 Å². The number of hydrogen-bond acceptors (Lipinski definition) is 4. The summed E-state index contributed by atoms with van der Waals surface area (Å²) in [5.41, 5.74) is 6.13. The molecule has 4 aromatic rings. The quantitative estimate of drug-likeness (QED) is 0.343. The molecule has 1 fully saturated rings. The van der Waals surface area contributed by atoms with Gasteiger partial charge in [0.2, 0.25) is 6.79 Å². The van der Waals surface area contributed by atoms with Gasteiger partial charge in [0.25, 0.3) is 0 Å². The smallest absolute Gasteiger partial charge is 0.231 e. The average Bonchev–Trinajstić information content (AvgIpc) is 3.55. The molecule has 6 rings (SSSR count). The van der Waals surface area contributed by atoms with E-state index in [0.29, 0.717) is 15.9 Å². The molecular weight excluding hydrogens is 480 g/mol. The Hall–Kier alpha value is -3.55. The number of hydrogen-bond donors (Lipinski definition) is 1. The van der Waals surface area contributed by atoms with Gasteiger partial charge in [0.05, 0.1) is 28.5 Å². The summed E-state index contributed by atoms with van der Waals surface area (Å²) in [6.45, 7) is 4.45. The largest absolute Gasteiger partial charge is 0.454 e.